The lowest BCUT2D eigenvalue weighted by Crippen LogP contribution is -2.25. The topological polar surface area (TPSA) is 51.5 Å². The van der Waals surface area contributed by atoms with Crippen LogP contribution in [-0.2, 0) is 4.79 Å². The van der Waals surface area contributed by atoms with E-state index in [1.165, 1.54) is 56.2 Å². The molecule has 4 rings (SSSR count). The maximum absolute atomic E-state index is 12.7. The summed E-state index contributed by atoms with van der Waals surface area (Å²) in [5.74, 6) is 2.42. The Kier molecular flexibility index (Phi) is 11.1. The van der Waals surface area contributed by atoms with Gasteiger partial charge in [-0.1, -0.05) is 64.3 Å². The zero-order valence-electron chi connectivity index (χ0n) is 24.1. The zero-order chi connectivity index (χ0) is 27.5. The summed E-state index contributed by atoms with van der Waals surface area (Å²) in [6.07, 6.45) is 22.1. The molecule has 0 radical (unpaired) electrons. The summed E-state index contributed by atoms with van der Waals surface area (Å²) in [6.45, 7) is 6.41. The summed E-state index contributed by atoms with van der Waals surface area (Å²) in [6, 6.07) is 12.5. The van der Waals surface area contributed by atoms with E-state index >= 15 is 0 Å². The minimum absolute atomic E-state index is 0.0494. The third-order valence-electron chi connectivity index (χ3n) is 8.43. The molecule has 1 aliphatic heterocycles. The van der Waals surface area contributed by atoms with E-state index in [1.54, 1.807) is 0 Å². The molecule has 208 valence electrons. The maximum Gasteiger partial charge on any atom is 0.173 e. The molecule has 1 aliphatic carbocycles. The highest BCUT2D eigenvalue weighted by molar-refractivity contribution is 6.00. The van der Waals surface area contributed by atoms with Crippen LogP contribution in [0.3, 0.4) is 0 Å². The molecule has 1 aromatic heterocycles. The first-order valence-corrected chi connectivity index (χ1v) is 15.2. The number of benzene rings is 1. The summed E-state index contributed by atoms with van der Waals surface area (Å²) in [5.41, 5.74) is 4.74. The lowest BCUT2D eigenvalue weighted by atomic mass is 9.89. The molecule has 0 amide bonds. The molecule has 0 bridgehead atoms. The van der Waals surface area contributed by atoms with Gasteiger partial charge in [-0.15, -0.1) is 0 Å². The second-order valence-electron chi connectivity index (χ2n) is 11.5. The number of pyridine rings is 1. The van der Waals surface area contributed by atoms with Crippen molar-refractivity contribution in [3.8, 4) is 5.75 Å². The maximum atomic E-state index is 12.7. The van der Waals surface area contributed by atoms with Crippen LogP contribution in [0, 0.1) is 17.8 Å². The number of carbonyl (C=O) groups excluding carboxylic acids is 1. The molecule has 3 atom stereocenters. The van der Waals surface area contributed by atoms with Crippen LogP contribution < -0.4 is 4.74 Å². The number of nitrogens with zero attached hydrogens (tertiary/aromatic N) is 2. The van der Waals surface area contributed by atoms with Crippen molar-refractivity contribution in [3.63, 3.8) is 0 Å². The van der Waals surface area contributed by atoms with Gasteiger partial charge in [0.25, 0.3) is 0 Å². The van der Waals surface area contributed by atoms with Crippen LogP contribution in [0.5, 0.6) is 5.75 Å². The lowest BCUT2D eigenvalue weighted by molar-refractivity contribution is -0.126. The summed E-state index contributed by atoms with van der Waals surface area (Å²) < 4.78 is 5.98. The summed E-state index contributed by atoms with van der Waals surface area (Å²) in [7, 11) is 0. The molecule has 0 spiro atoms. The van der Waals surface area contributed by atoms with Gasteiger partial charge in [-0.3, -0.25) is 14.8 Å². The number of rotatable bonds is 9. The number of Topliss-reactive ketones (excluding diaryl/α,β-unsaturated/α-hetero) is 1. The molecule has 3 unspecified atom stereocenters. The molecule has 4 nitrogen and oxygen atoms in total. The van der Waals surface area contributed by atoms with E-state index in [9.17, 15) is 4.79 Å². The van der Waals surface area contributed by atoms with Gasteiger partial charge < -0.3 is 4.74 Å². The molecule has 0 saturated heterocycles. The van der Waals surface area contributed by atoms with Crippen molar-refractivity contribution >= 4 is 17.2 Å². The standard InChI is InChI=1S/C35H46N2O2/c1-4-32(26(2)3)35(38)25-39-31-17-11-16-30(24-31)34-19-7-5-6-18-33(37-34)29-13-9-8-12-27(14-10-15-29)28-20-22-36-23-21-28/h6,11,16-24,26-27,29,32H,4-5,7-10,12-15,25H2,1-3H3/b18-6-,34-19-,37-33-. The van der Waals surface area contributed by atoms with Crippen LogP contribution >= 0.6 is 0 Å². The Bertz CT molecular complexity index is 1150. The molecule has 39 heavy (non-hydrogen) atoms. The van der Waals surface area contributed by atoms with Crippen molar-refractivity contribution in [1.82, 2.24) is 4.98 Å². The number of hydrogen-bond acceptors (Lipinski definition) is 4. The first-order valence-electron chi connectivity index (χ1n) is 15.2. The van der Waals surface area contributed by atoms with Crippen LogP contribution in [0.15, 0.2) is 72.0 Å². The van der Waals surface area contributed by atoms with Gasteiger partial charge in [0.15, 0.2) is 5.78 Å². The fourth-order valence-electron chi connectivity index (χ4n) is 6.18. The Hall–Kier alpha value is -3.01. The highest BCUT2D eigenvalue weighted by Crippen LogP contribution is 2.33. The van der Waals surface area contributed by atoms with E-state index in [1.807, 2.05) is 30.6 Å². The summed E-state index contributed by atoms with van der Waals surface area (Å²) >= 11 is 0. The van der Waals surface area contributed by atoms with Gasteiger partial charge in [0.2, 0.25) is 0 Å². The molecule has 0 N–H and O–H groups in total. The third-order valence-corrected chi connectivity index (χ3v) is 8.43. The summed E-state index contributed by atoms with van der Waals surface area (Å²) in [5, 5.41) is 0. The number of carbonyl (C=O) groups is 1. The van der Waals surface area contributed by atoms with E-state index < -0.39 is 0 Å². The SMILES string of the molecule is CCC(C(=O)COc1cccc(C2=C\CC\C=C/C(C3CCCCC(c4ccncc4)CCC3)=N/2)c1)C(C)C. The smallest absolute Gasteiger partial charge is 0.173 e. The first-order chi connectivity index (χ1) is 19.0. The van der Waals surface area contributed by atoms with Crippen molar-refractivity contribution in [1.29, 1.82) is 0 Å². The van der Waals surface area contributed by atoms with Gasteiger partial charge >= 0.3 is 0 Å². The minimum atomic E-state index is 0.0494. The van der Waals surface area contributed by atoms with Crippen LogP contribution in [0.2, 0.25) is 0 Å². The number of hydrogen-bond donors (Lipinski definition) is 0. The third kappa shape index (κ3) is 8.49. The van der Waals surface area contributed by atoms with Gasteiger partial charge in [-0.2, -0.15) is 0 Å². The fraction of sp³-hybridized carbons (Fsp3) is 0.514. The van der Waals surface area contributed by atoms with Crippen molar-refractivity contribution in [3.05, 3.63) is 78.1 Å². The zero-order valence-corrected chi connectivity index (χ0v) is 24.1. The molecule has 2 aliphatic rings. The van der Waals surface area contributed by atoms with Gasteiger partial charge in [0.05, 0.1) is 5.70 Å². The number of allylic oxidation sites excluding steroid dienone is 3. The number of ether oxygens (including phenoxy) is 1. The van der Waals surface area contributed by atoms with Gasteiger partial charge in [0.1, 0.15) is 12.4 Å². The number of ketones is 1. The highest BCUT2D eigenvalue weighted by atomic mass is 16.5. The van der Waals surface area contributed by atoms with Crippen LogP contribution in [0.1, 0.15) is 102 Å². The largest absolute Gasteiger partial charge is 0.486 e. The average Bonchev–Trinajstić information content (AvgIpc) is 3.05. The predicted molar refractivity (Wildman–Crippen MR) is 162 cm³/mol. The molecule has 4 heteroatoms. The Morgan fingerprint density at radius 2 is 1.72 bits per heavy atom. The van der Waals surface area contributed by atoms with E-state index in [0.717, 1.165) is 36.3 Å². The van der Waals surface area contributed by atoms with Crippen molar-refractivity contribution in [2.45, 2.75) is 90.9 Å². The molecular formula is C35H46N2O2. The normalized spacial score (nSPS) is 24.9. The van der Waals surface area contributed by atoms with Crippen LogP contribution in [0.25, 0.3) is 5.70 Å². The van der Waals surface area contributed by atoms with E-state index in [2.05, 4.69) is 62.2 Å². The van der Waals surface area contributed by atoms with Crippen molar-refractivity contribution in [2.24, 2.45) is 22.7 Å². The van der Waals surface area contributed by atoms with Gasteiger partial charge in [-0.05, 0) is 92.7 Å². The Morgan fingerprint density at radius 3 is 2.49 bits per heavy atom. The minimum Gasteiger partial charge on any atom is -0.486 e. The van der Waals surface area contributed by atoms with Crippen LogP contribution in [-0.4, -0.2) is 23.1 Å². The monoisotopic (exact) mass is 526 g/mol. The highest BCUT2D eigenvalue weighted by Gasteiger charge is 2.22. The Labute approximate surface area is 235 Å². The van der Waals surface area contributed by atoms with Gasteiger partial charge in [0, 0.05) is 35.5 Å². The first kappa shape index (κ1) is 29.0. The molecule has 1 fully saturated rings. The second kappa shape index (κ2) is 15.0. The lowest BCUT2D eigenvalue weighted by Gasteiger charge is -2.19. The van der Waals surface area contributed by atoms with Crippen LogP contribution in [0.4, 0.5) is 0 Å². The van der Waals surface area contributed by atoms with E-state index in [-0.39, 0.29) is 18.3 Å². The molecular weight excluding hydrogens is 480 g/mol. The van der Waals surface area contributed by atoms with E-state index in [4.69, 9.17) is 9.73 Å². The van der Waals surface area contributed by atoms with Crippen molar-refractivity contribution < 1.29 is 9.53 Å². The van der Waals surface area contributed by atoms with Crippen molar-refractivity contribution in [2.75, 3.05) is 6.61 Å². The van der Waals surface area contributed by atoms with Gasteiger partial charge in [-0.25, -0.2) is 0 Å². The molecule has 1 saturated carbocycles. The Morgan fingerprint density at radius 1 is 0.974 bits per heavy atom. The van der Waals surface area contributed by atoms with E-state index in [0.29, 0.717) is 17.8 Å². The number of aromatic nitrogens is 1. The molecule has 2 heterocycles. The summed E-state index contributed by atoms with van der Waals surface area (Å²) in [4.78, 5) is 22.2. The predicted octanol–water partition coefficient (Wildman–Crippen LogP) is 8.99. The quantitative estimate of drug-likeness (QED) is 0.328. The molecule has 1 aromatic carbocycles. The second-order valence-corrected chi connectivity index (χ2v) is 11.5. The average molecular weight is 527 g/mol. The Balaban J connectivity index is 1.46. The molecule has 2 aromatic rings. The number of aliphatic imine (C=N–C) groups is 1. The fourth-order valence-corrected chi connectivity index (χ4v) is 6.18.